The molecule has 1 fully saturated rings. The summed E-state index contributed by atoms with van der Waals surface area (Å²) in [4.78, 5) is 25.6. The highest BCUT2D eigenvalue weighted by molar-refractivity contribution is 9.10. The van der Waals surface area contributed by atoms with Crippen LogP contribution in [0.25, 0.3) is 16.6 Å². The monoisotopic (exact) mass is 679 g/mol. The molecule has 0 unspecified atom stereocenters. The summed E-state index contributed by atoms with van der Waals surface area (Å²) < 4.78 is 56.4. The summed E-state index contributed by atoms with van der Waals surface area (Å²) in [7, 11) is -6.41. The van der Waals surface area contributed by atoms with Crippen LogP contribution in [0.15, 0.2) is 62.6 Å². The highest BCUT2D eigenvalue weighted by Crippen LogP contribution is 2.46. The highest BCUT2D eigenvalue weighted by Gasteiger charge is 2.33. The van der Waals surface area contributed by atoms with Crippen molar-refractivity contribution < 1.29 is 26.4 Å². The molecule has 5 rings (SSSR count). The lowest BCUT2D eigenvalue weighted by Crippen LogP contribution is -2.36. The normalized spacial score (nSPS) is 13.7. The van der Waals surface area contributed by atoms with Crippen LogP contribution in [0.2, 0.25) is 0 Å². The lowest BCUT2D eigenvalue weighted by Gasteiger charge is -2.25. The standard InChI is InChI=1S/C26H26BrN5O6S3/c1-28-26(34)25-20-14-19(16-5-6-16)22(15-21(20)29-32(25)18-9-7-17(27)8-10-18)31(40(2,35)36)12-11-23(33)30-41(37,38)24-4-3-13-39-24/h3-4,7-10,13-16H,5-6,11-12H2,1-2H3,(H,28,34)(H,30,33). The van der Waals surface area contributed by atoms with E-state index in [1.54, 1.807) is 35.7 Å². The third-order valence-electron chi connectivity index (χ3n) is 6.57. The number of aromatic nitrogens is 2. The Labute approximate surface area is 249 Å². The summed E-state index contributed by atoms with van der Waals surface area (Å²) in [6.45, 7) is -0.286. The molecule has 2 amide bonds. The van der Waals surface area contributed by atoms with E-state index in [2.05, 4.69) is 26.3 Å². The Hall–Kier alpha value is -3.27. The Bertz CT molecular complexity index is 1850. The first kappa shape index (κ1) is 29.2. The molecule has 1 aliphatic rings. The zero-order valence-corrected chi connectivity index (χ0v) is 26.0. The number of amides is 2. The van der Waals surface area contributed by atoms with Crippen LogP contribution < -0.4 is 14.3 Å². The number of rotatable bonds is 10. The van der Waals surface area contributed by atoms with Gasteiger partial charge in [0.2, 0.25) is 15.9 Å². The van der Waals surface area contributed by atoms with Crippen LogP contribution in [0.5, 0.6) is 0 Å². The minimum absolute atomic E-state index is 0.0134. The Morgan fingerprint density at radius 2 is 1.83 bits per heavy atom. The maximum absolute atomic E-state index is 13.0. The lowest BCUT2D eigenvalue weighted by molar-refractivity contribution is -0.119. The Kier molecular flexibility index (Phi) is 7.98. The zero-order chi connectivity index (χ0) is 29.5. The highest BCUT2D eigenvalue weighted by atomic mass is 79.9. The molecule has 0 bridgehead atoms. The Morgan fingerprint density at radius 1 is 1.12 bits per heavy atom. The van der Waals surface area contributed by atoms with Crippen LogP contribution in [0.3, 0.4) is 0 Å². The van der Waals surface area contributed by atoms with Crippen molar-refractivity contribution in [3.05, 3.63) is 69.6 Å². The van der Waals surface area contributed by atoms with Crippen molar-refractivity contribution in [2.24, 2.45) is 0 Å². The predicted molar refractivity (Wildman–Crippen MR) is 161 cm³/mol. The summed E-state index contributed by atoms with van der Waals surface area (Å²) in [5.74, 6) is -1.11. The molecule has 0 atom stereocenters. The van der Waals surface area contributed by atoms with Crippen molar-refractivity contribution in [3.8, 4) is 5.69 Å². The zero-order valence-electron chi connectivity index (χ0n) is 22.0. The summed E-state index contributed by atoms with van der Waals surface area (Å²) in [6, 6.07) is 13.6. The number of sulfonamides is 2. The molecule has 1 aliphatic carbocycles. The number of carbonyl (C=O) groups excluding carboxylic acids is 2. The molecule has 216 valence electrons. The molecule has 1 saturated carbocycles. The van der Waals surface area contributed by atoms with Crippen LogP contribution in [-0.2, 0) is 24.8 Å². The molecular weight excluding hydrogens is 654 g/mol. The van der Waals surface area contributed by atoms with E-state index in [1.807, 2.05) is 16.9 Å². The molecule has 2 aromatic heterocycles. The first-order valence-electron chi connectivity index (χ1n) is 12.5. The van der Waals surface area contributed by atoms with Gasteiger partial charge >= 0.3 is 0 Å². The second-order valence-electron chi connectivity index (χ2n) is 9.56. The maximum atomic E-state index is 13.0. The molecule has 4 aromatic rings. The summed E-state index contributed by atoms with van der Waals surface area (Å²) >= 11 is 4.38. The van der Waals surface area contributed by atoms with Crippen molar-refractivity contribution in [1.82, 2.24) is 19.8 Å². The number of nitrogens with zero attached hydrogens (tertiary/aromatic N) is 3. The molecule has 41 heavy (non-hydrogen) atoms. The van der Waals surface area contributed by atoms with Gasteiger partial charge in [0.05, 0.1) is 23.1 Å². The number of carbonyl (C=O) groups is 2. The fourth-order valence-electron chi connectivity index (χ4n) is 4.52. The Balaban J connectivity index is 1.55. The van der Waals surface area contributed by atoms with Crippen LogP contribution in [0, 0.1) is 0 Å². The van der Waals surface area contributed by atoms with Crippen molar-refractivity contribution in [2.45, 2.75) is 29.4 Å². The molecule has 0 spiro atoms. The van der Waals surface area contributed by atoms with Crippen LogP contribution in [0.1, 0.15) is 41.2 Å². The van der Waals surface area contributed by atoms with Gasteiger partial charge in [-0.3, -0.25) is 13.9 Å². The number of anilines is 1. The molecule has 15 heteroatoms. The van der Waals surface area contributed by atoms with E-state index < -0.39 is 32.4 Å². The van der Waals surface area contributed by atoms with Gasteiger partial charge in [-0.25, -0.2) is 26.2 Å². The van der Waals surface area contributed by atoms with Crippen molar-refractivity contribution in [3.63, 3.8) is 0 Å². The topological polar surface area (TPSA) is 148 Å². The SMILES string of the molecule is CNC(=O)c1c2cc(C3CC3)c(N(CCC(=O)NS(=O)(=O)c3cccs3)S(C)(=O)=O)cc2nn1-c1ccc(Br)cc1. The van der Waals surface area contributed by atoms with E-state index in [1.165, 1.54) is 17.8 Å². The maximum Gasteiger partial charge on any atom is 0.273 e. The van der Waals surface area contributed by atoms with E-state index in [-0.39, 0.29) is 22.6 Å². The quantitative estimate of drug-likeness (QED) is 0.259. The van der Waals surface area contributed by atoms with Gasteiger partial charge in [0, 0.05) is 29.9 Å². The number of hydrogen-bond acceptors (Lipinski definition) is 8. The van der Waals surface area contributed by atoms with Gasteiger partial charge in [0.15, 0.2) is 0 Å². The molecule has 11 nitrogen and oxygen atoms in total. The van der Waals surface area contributed by atoms with Gasteiger partial charge in [-0.15, -0.1) is 11.3 Å². The van der Waals surface area contributed by atoms with E-state index in [4.69, 9.17) is 0 Å². The number of fused-ring (bicyclic) bond motifs is 1. The summed E-state index contributed by atoms with van der Waals surface area (Å²) in [5, 5.41) is 9.46. The van der Waals surface area contributed by atoms with E-state index in [9.17, 15) is 26.4 Å². The number of halogens is 1. The number of thiophene rings is 1. The minimum Gasteiger partial charge on any atom is -0.354 e. The average molecular weight is 681 g/mol. The van der Waals surface area contributed by atoms with Gasteiger partial charge in [-0.05, 0) is 72.2 Å². The van der Waals surface area contributed by atoms with Gasteiger partial charge in [0.25, 0.3) is 15.9 Å². The Morgan fingerprint density at radius 3 is 2.41 bits per heavy atom. The summed E-state index contributed by atoms with van der Waals surface area (Å²) in [5.41, 5.74) is 2.41. The summed E-state index contributed by atoms with van der Waals surface area (Å²) in [6.07, 6.45) is 2.32. The van der Waals surface area contributed by atoms with Crippen molar-refractivity contribution in [1.29, 1.82) is 0 Å². The van der Waals surface area contributed by atoms with Gasteiger partial charge in [-0.1, -0.05) is 22.0 Å². The molecule has 2 aromatic carbocycles. The first-order chi connectivity index (χ1) is 19.4. The number of nitrogens with one attached hydrogen (secondary N) is 2. The predicted octanol–water partition coefficient (Wildman–Crippen LogP) is 3.75. The number of hydrogen-bond donors (Lipinski definition) is 2. The van der Waals surface area contributed by atoms with Crippen LogP contribution in [-0.4, -0.2) is 58.3 Å². The fraction of sp³-hybridized carbons (Fsp3) is 0.269. The van der Waals surface area contributed by atoms with Crippen molar-refractivity contribution >= 4 is 75.7 Å². The van der Waals surface area contributed by atoms with Crippen molar-refractivity contribution in [2.75, 3.05) is 24.2 Å². The van der Waals surface area contributed by atoms with Gasteiger partial charge in [0.1, 0.15) is 9.90 Å². The molecule has 2 heterocycles. The van der Waals surface area contributed by atoms with Crippen LogP contribution >= 0.6 is 27.3 Å². The molecule has 2 N–H and O–H groups in total. The second-order valence-corrected chi connectivity index (χ2v) is 15.2. The fourth-order valence-corrected chi connectivity index (χ4v) is 7.73. The van der Waals surface area contributed by atoms with E-state index in [0.29, 0.717) is 28.0 Å². The van der Waals surface area contributed by atoms with Gasteiger partial charge < -0.3 is 5.32 Å². The molecule has 0 aliphatic heterocycles. The number of benzene rings is 2. The molecule has 0 saturated heterocycles. The van der Waals surface area contributed by atoms with E-state index >= 15 is 0 Å². The lowest BCUT2D eigenvalue weighted by atomic mass is 10.0. The second kappa shape index (κ2) is 11.2. The minimum atomic E-state index is -4.05. The molecular formula is C26H26BrN5O6S3. The smallest absolute Gasteiger partial charge is 0.273 e. The van der Waals surface area contributed by atoms with Crippen LogP contribution in [0.4, 0.5) is 5.69 Å². The first-order valence-corrected chi connectivity index (χ1v) is 17.5. The largest absolute Gasteiger partial charge is 0.354 e. The third kappa shape index (κ3) is 6.17. The molecule has 0 radical (unpaired) electrons. The van der Waals surface area contributed by atoms with Gasteiger partial charge in [-0.2, -0.15) is 5.10 Å². The average Bonchev–Trinajstić information content (AvgIpc) is 3.45. The van der Waals surface area contributed by atoms with E-state index in [0.717, 1.165) is 44.8 Å². The third-order valence-corrected chi connectivity index (χ3v) is 11.0.